The number of sulfonamides is 1. The lowest BCUT2D eigenvalue weighted by molar-refractivity contribution is -0.137. The zero-order chi connectivity index (χ0) is 39.8. The summed E-state index contributed by atoms with van der Waals surface area (Å²) >= 11 is 0. The summed E-state index contributed by atoms with van der Waals surface area (Å²) in [4.78, 5) is 48.7. The Labute approximate surface area is 320 Å². The maximum absolute atomic E-state index is 13.4. The van der Waals surface area contributed by atoms with Gasteiger partial charge in [-0.1, -0.05) is 43.2 Å². The molecular formula is C39H42F3N5O8S. The molecule has 2 saturated carbocycles. The number of carbonyl (C=O) groups excluding carboxylic acids is 3. The van der Waals surface area contributed by atoms with Crippen LogP contribution >= 0.6 is 0 Å². The van der Waals surface area contributed by atoms with Crippen molar-refractivity contribution in [3.63, 3.8) is 0 Å². The maximum atomic E-state index is 13.4. The summed E-state index contributed by atoms with van der Waals surface area (Å²) in [6.45, 7) is 0.0502. The molecule has 3 aliphatic rings. The summed E-state index contributed by atoms with van der Waals surface area (Å²) in [5, 5.41) is 0.0818. The summed E-state index contributed by atoms with van der Waals surface area (Å²) < 4.78 is 84.1. The van der Waals surface area contributed by atoms with Gasteiger partial charge in [0.25, 0.3) is 5.88 Å². The van der Waals surface area contributed by atoms with Crippen molar-refractivity contribution < 1.29 is 49.9 Å². The Kier molecular flexibility index (Phi) is 11.0. The third kappa shape index (κ3) is 8.61. The molecule has 0 unspecified atom stereocenters. The van der Waals surface area contributed by atoms with Crippen LogP contribution in [0.4, 0.5) is 13.2 Å². The van der Waals surface area contributed by atoms with E-state index in [1.807, 2.05) is 12.2 Å². The van der Waals surface area contributed by atoms with E-state index in [4.69, 9.17) is 19.6 Å². The molecule has 3 amide bonds. The molecule has 4 aromatic rings. The number of alkyl halides is 3. The minimum atomic E-state index is -4.53. The highest BCUT2D eigenvalue weighted by molar-refractivity contribution is 7.90. The molecule has 2 aliphatic carbocycles. The summed E-state index contributed by atoms with van der Waals surface area (Å²) in [6.07, 6.45) is 4.81. The molecule has 1 aliphatic heterocycles. The van der Waals surface area contributed by atoms with Gasteiger partial charge in [0.05, 0.1) is 29.9 Å². The number of nitrogens with one attached hydrogen (secondary N) is 1. The number of amides is 3. The lowest BCUT2D eigenvalue weighted by Gasteiger charge is -2.21. The van der Waals surface area contributed by atoms with E-state index in [0.717, 1.165) is 37.8 Å². The number of unbranched alkanes of at least 4 members (excludes halogenated alkanes) is 4. The minimum Gasteiger partial charge on any atom is -0.496 e. The predicted octanol–water partition coefficient (Wildman–Crippen LogP) is 6.05. The third-order valence-electron chi connectivity index (χ3n) is 10.4. The molecule has 4 atom stereocenters. The summed E-state index contributed by atoms with van der Waals surface area (Å²) in [6, 6.07) is 8.65. The fraction of sp³-hybridized carbons (Fsp3) is 0.462. The van der Waals surface area contributed by atoms with Gasteiger partial charge in [-0.25, -0.2) is 13.4 Å². The number of fused-ring (bicyclic) bond motifs is 3. The number of halogens is 3. The van der Waals surface area contributed by atoms with E-state index in [1.54, 1.807) is 18.2 Å². The number of methoxy groups -OCH3 is 1. The molecule has 56 heavy (non-hydrogen) atoms. The van der Waals surface area contributed by atoms with Crippen LogP contribution in [-0.4, -0.2) is 72.1 Å². The molecule has 0 radical (unpaired) electrons. The second kappa shape index (κ2) is 15.7. The minimum absolute atomic E-state index is 0.0123. The molecular weight excluding hydrogens is 756 g/mol. The van der Waals surface area contributed by atoms with Crippen molar-refractivity contribution in [2.24, 2.45) is 17.6 Å². The average molecular weight is 798 g/mol. The van der Waals surface area contributed by atoms with Crippen LogP contribution in [0, 0.1) is 11.8 Å². The standard InChI is InChI=1S/C39H42F3N5O8S/c1-53-29-10-8-11-30-32(29)33-34(55-30)38(45-36(44-33)22-13-15-24(16-14-22)39(40,41)42)54-25-20-28(35(43)49)47(21-25)31(48)12-7-5-3-2-4-6-9-23-19-27(23)37(50)46-56(51,52)26-17-18-26/h6,8-11,13-16,23,25-28H,2-5,7,12,17-21H2,1H3,(H2,43,49)(H,46,50)/b9-6-/t23-,25-,27+,28+/m1/s1. The van der Waals surface area contributed by atoms with E-state index >= 15 is 0 Å². The molecule has 3 N–H and O–H groups in total. The van der Waals surface area contributed by atoms with Gasteiger partial charge < -0.3 is 24.5 Å². The predicted molar refractivity (Wildman–Crippen MR) is 199 cm³/mol. The normalized spacial score (nSPS) is 21.2. The van der Waals surface area contributed by atoms with Crippen LogP contribution in [0.2, 0.25) is 0 Å². The Morgan fingerprint density at radius 3 is 2.48 bits per heavy atom. The zero-order valence-electron chi connectivity index (χ0n) is 30.6. The summed E-state index contributed by atoms with van der Waals surface area (Å²) in [5.41, 5.74) is 6.09. The number of allylic oxidation sites excluding steroid dienone is 2. The molecule has 3 heterocycles. The lowest BCUT2D eigenvalue weighted by atomic mass is 10.1. The van der Waals surface area contributed by atoms with Gasteiger partial charge in [-0.05, 0) is 68.7 Å². The second-order valence-electron chi connectivity index (χ2n) is 14.6. The van der Waals surface area contributed by atoms with Gasteiger partial charge in [-0.15, -0.1) is 0 Å². The highest BCUT2D eigenvalue weighted by Gasteiger charge is 2.45. The van der Waals surface area contributed by atoms with Crippen molar-refractivity contribution in [1.29, 1.82) is 0 Å². The van der Waals surface area contributed by atoms with E-state index in [-0.39, 0.29) is 54.4 Å². The highest BCUT2D eigenvalue weighted by Crippen LogP contribution is 2.42. The van der Waals surface area contributed by atoms with E-state index in [2.05, 4.69) is 14.7 Å². The van der Waals surface area contributed by atoms with Gasteiger partial charge >= 0.3 is 6.18 Å². The van der Waals surface area contributed by atoms with Gasteiger partial charge in [0.2, 0.25) is 33.3 Å². The third-order valence-corrected chi connectivity index (χ3v) is 12.3. The molecule has 1 saturated heterocycles. The Hall–Kier alpha value is -5.19. The molecule has 2 aromatic carbocycles. The monoisotopic (exact) mass is 797 g/mol. The van der Waals surface area contributed by atoms with Crippen molar-refractivity contribution in [2.75, 3.05) is 13.7 Å². The first-order valence-corrected chi connectivity index (χ1v) is 20.2. The van der Waals surface area contributed by atoms with Gasteiger partial charge in [0.1, 0.15) is 29.0 Å². The number of benzene rings is 2. The molecule has 2 aromatic heterocycles. The van der Waals surface area contributed by atoms with Crippen LogP contribution in [0.1, 0.15) is 69.8 Å². The van der Waals surface area contributed by atoms with E-state index in [1.165, 1.54) is 24.1 Å². The Morgan fingerprint density at radius 1 is 1.04 bits per heavy atom. The number of nitrogens with two attached hydrogens (primary N) is 1. The number of nitrogens with zero attached hydrogens (tertiary/aromatic N) is 3. The van der Waals surface area contributed by atoms with Gasteiger partial charge in [-0.3, -0.25) is 19.1 Å². The van der Waals surface area contributed by atoms with Crippen molar-refractivity contribution in [1.82, 2.24) is 19.6 Å². The fourth-order valence-electron chi connectivity index (χ4n) is 7.12. The lowest BCUT2D eigenvalue weighted by Crippen LogP contribution is -2.43. The average Bonchev–Trinajstić information content (AvgIpc) is 4.08. The number of primary amides is 1. The maximum Gasteiger partial charge on any atom is 0.416 e. The molecule has 13 nitrogen and oxygen atoms in total. The van der Waals surface area contributed by atoms with Crippen LogP contribution in [0.15, 0.2) is 59.0 Å². The molecule has 0 spiro atoms. The number of likely N-dealkylation sites (tertiary alicyclic amines) is 1. The van der Waals surface area contributed by atoms with Crippen LogP contribution in [-0.2, 0) is 30.6 Å². The number of ether oxygens (including phenoxy) is 2. The van der Waals surface area contributed by atoms with E-state index in [0.29, 0.717) is 53.5 Å². The van der Waals surface area contributed by atoms with Gasteiger partial charge in [-0.2, -0.15) is 18.2 Å². The second-order valence-corrected chi connectivity index (χ2v) is 16.5. The first-order chi connectivity index (χ1) is 26.7. The first kappa shape index (κ1) is 39.1. The molecule has 0 bridgehead atoms. The molecule has 3 fully saturated rings. The molecule has 7 rings (SSSR count). The Balaban J connectivity index is 0.952. The smallest absolute Gasteiger partial charge is 0.416 e. The highest BCUT2D eigenvalue weighted by atomic mass is 32.2. The topological polar surface area (TPSA) is 184 Å². The SMILES string of the molecule is COc1cccc2oc3c(O[C@@H]4C[C@@H](C(N)=O)N(C(=O)CCCCCC/C=C\[C@@H]5C[C@@H]5C(=O)NS(=O)(=O)C5CC5)C4)nc(-c4ccc(C(F)(F)F)cc4)nc3c12. The van der Waals surface area contributed by atoms with Crippen LogP contribution in [0.25, 0.3) is 33.5 Å². The van der Waals surface area contributed by atoms with Crippen LogP contribution < -0.4 is 19.9 Å². The van der Waals surface area contributed by atoms with Crippen molar-refractivity contribution in [3.8, 4) is 23.0 Å². The zero-order valence-corrected chi connectivity index (χ0v) is 31.4. The van der Waals surface area contributed by atoms with E-state index in [9.17, 15) is 36.0 Å². The molecule has 17 heteroatoms. The molecule has 298 valence electrons. The number of rotatable bonds is 16. The largest absolute Gasteiger partial charge is 0.496 e. The van der Waals surface area contributed by atoms with Crippen LogP contribution in [0.3, 0.4) is 0 Å². The van der Waals surface area contributed by atoms with Crippen molar-refractivity contribution in [2.45, 2.75) is 87.8 Å². The number of carbonyl (C=O) groups is 3. The van der Waals surface area contributed by atoms with Crippen molar-refractivity contribution in [3.05, 3.63) is 60.2 Å². The summed E-state index contributed by atoms with van der Waals surface area (Å²) in [7, 11) is -2.05. The van der Waals surface area contributed by atoms with E-state index < -0.39 is 51.0 Å². The van der Waals surface area contributed by atoms with Crippen molar-refractivity contribution >= 4 is 49.8 Å². The van der Waals surface area contributed by atoms with Gasteiger partial charge in [0, 0.05) is 24.3 Å². The number of hydrogen-bond donors (Lipinski definition) is 2. The fourth-order valence-corrected chi connectivity index (χ4v) is 8.47. The van der Waals surface area contributed by atoms with Gasteiger partial charge in [0.15, 0.2) is 5.82 Å². The quantitative estimate of drug-likeness (QED) is 0.100. The number of hydrogen-bond acceptors (Lipinski definition) is 10. The number of aromatic nitrogens is 2. The Bertz CT molecular complexity index is 2270. The number of furan rings is 1. The van der Waals surface area contributed by atoms with Crippen LogP contribution in [0.5, 0.6) is 11.6 Å². The first-order valence-electron chi connectivity index (χ1n) is 18.7. The Morgan fingerprint density at radius 2 is 1.79 bits per heavy atom. The summed E-state index contributed by atoms with van der Waals surface area (Å²) in [5.74, 6) is -1.08.